The molecule has 2 aromatic carbocycles. The number of nitrogens with one attached hydrogen (secondary N) is 2. The van der Waals surface area contributed by atoms with Crippen LogP contribution < -0.4 is 10.6 Å². The zero-order valence-corrected chi connectivity index (χ0v) is 11.7. The number of anilines is 2. The van der Waals surface area contributed by atoms with Gasteiger partial charge in [-0.2, -0.15) is 0 Å². The third-order valence-electron chi connectivity index (χ3n) is 2.71. The van der Waals surface area contributed by atoms with Crippen molar-refractivity contribution in [3.63, 3.8) is 0 Å². The molecule has 2 N–H and O–H groups in total. The van der Waals surface area contributed by atoms with Crippen LogP contribution in [0.5, 0.6) is 0 Å². The van der Waals surface area contributed by atoms with Gasteiger partial charge in [-0.1, -0.05) is 29.8 Å². The van der Waals surface area contributed by atoms with Gasteiger partial charge in [0, 0.05) is 19.2 Å². The lowest BCUT2D eigenvalue weighted by atomic mass is 10.2. The molecule has 3 nitrogen and oxygen atoms in total. The van der Waals surface area contributed by atoms with E-state index in [4.69, 9.17) is 11.6 Å². The van der Waals surface area contributed by atoms with E-state index >= 15 is 0 Å². The van der Waals surface area contributed by atoms with Crippen LogP contribution >= 0.6 is 11.6 Å². The Kier molecular flexibility index (Phi) is 4.58. The van der Waals surface area contributed by atoms with Gasteiger partial charge in [-0.05, 0) is 29.8 Å². The predicted molar refractivity (Wildman–Crippen MR) is 79.5 cm³/mol. The van der Waals surface area contributed by atoms with Gasteiger partial charge in [0.1, 0.15) is 0 Å². The standard InChI is InChI=1S/C15H14ClFN2O/c1-10(20)19-12-7-5-11(6-8-12)9-18-14-4-2-3-13(16)15(14)17/h2-8,18H,9H2,1H3,(H,19,20). The Morgan fingerprint density at radius 3 is 2.55 bits per heavy atom. The van der Waals surface area contributed by atoms with Gasteiger partial charge in [0.05, 0.1) is 10.7 Å². The molecule has 0 atom stereocenters. The quantitative estimate of drug-likeness (QED) is 0.892. The third kappa shape index (κ3) is 3.71. The van der Waals surface area contributed by atoms with Crippen molar-refractivity contribution in [2.45, 2.75) is 13.5 Å². The fourth-order valence-corrected chi connectivity index (χ4v) is 1.92. The summed E-state index contributed by atoms with van der Waals surface area (Å²) < 4.78 is 13.7. The molecule has 20 heavy (non-hydrogen) atoms. The predicted octanol–water partition coefficient (Wildman–Crippen LogP) is 4.05. The largest absolute Gasteiger partial charge is 0.379 e. The van der Waals surface area contributed by atoms with Gasteiger partial charge in [0.2, 0.25) is 5.91 Å². The summed E-state index contributed by atoms with van der Waals surface area (Å²) in [4.78, 5) is 10.9. The van der Waals surface area contributed by atoms with Gasteiger partial charge in [0.15, 0.2) is 5.82 Å². The second-order valence-electron chi connectivity index (χ2n) is 4.33. The monoisotopic (exact) mass is 292 g/mol. The number of rotatable bonds is 4. The number of amides is 1. The average molecular weight is 293 g/mol. The van der Waals surface area contributed by atoms with Crippen LogP contribution in [0, 0.1) is 5.82 Å². The van der Waals surface area contributed by atoms with E-state index < -0.39 is 5.82 Å². The molecule has 0 heterocycles. The van der Waals surface area contributed by atoms with Gasteiger partial charge in [-0.15, -0.1) is 0 Å². The van der Waals surface area contributed by atoms with Crippen molar-refractivity contribution in [2.75, 3.05) is 10.6 Å². The third-order valence-corrected chi connectivity index (χ3v) is 3.00. The summed E-state index contributed by atoms with van der Waals surface area (Å²) in [6.45, 7) is 1.93. The highest BCUT2D eigenvalue weighted by atomic mass is 35.5. The molecule has 0 saturated carbocycles. The van der Waals surface area contributed by atoms with E-state index in [1.807, 2.05) is 12.1 Å². The molecule has 2 aromatic rings. The maximum atomic E-state index is 13.7. The van der Waals surface area contributed by atoms with Crippen molar-refractivity contribution < 1.29 is 9.18 Å². The van der Waals surface area contributed by atoms with Gasteiger partial charge >= 0.3 is 0 Å². The summed E-state index contributed by atoms with van der Waals surface area (Å²) in [5.74, 6) is -0.569. The van der Waals surface area contributed by atoms with Gasteiger partial charge in [0.25, 0.3) is 0 Å². The van der Waals surface area contributed by atoms with Crippen LogP contribution in [0.15, 0.2) is 42.5 Å². The Bertz CT molecular complexity index is 614. The lowest BCUT2D eigenvalue weighted by Crippen LogP contribution is -2.06. The molecule has 0 fully saturated rings. The molecule has 0 saturated heterocycles. The van der Waals surface area contributed by atoms with Crippen LogP contribution in [0.2, 0.25) is 5.02 Å². The maximum Gasteiger partial charge on any atom is 0.221 e. The van der Waals surface area contributed by atoms with Crippen LogP contribution in [0.25, 0.3) is 0 Å². The molecule has 104 valence electrons. The summed E-state index contributed by atoms with van der Waals surface area (Å²) in [6, 6.07) is 12.1. The van der Waals surface area contributed by atoms with E-state index in [0.29, 0.717) is 12.2 Å². The van der Waals surface area contributed by atoms with Crippen LogP contribution in [-0.2, 0) is 11.3 Å². The van der Waals surface area contributed by atoms with Crippen molar-refractivity contribution in [1.29, 1.82) is 0 Å². The van der Waals surface area contributed by atoms with E-state index in [2.05, 4.69) is 10.6 Å². The fourth-order valence-electron chi connectivity index (χ4n) is 1.75. The molecule has 0 aliphatic heterocycles. The Morgan fingerprint density at radius 2 is 1.90 bits per heavy atom. The molecule has 0 spiro atoms. The van der Waals surface area contributed by atoms with E-state index in [0.717, 1.165) is 11.3 Å². The first-order valence-corrected chi connectivity index (χ1v) is 6.48. The number of hydrogen-bond acceptors (Lipinski definition) is 2. The summed E-state index contributed by atoms with van der Waals surface area (Å²) in [6.07, 6.45) is 0. The minimum Gasteiger partial charge on any atom is -0.379 e. The fraction of sp³-hybridized carbons (Fsp3) is 0.133. The van der Waals surface area contributed by atoms with Crippen molar-refractivity contribution in [1.82, 2.24) is 0 Å². The lowest BCUT2D eigenvalue weighted by molar-refractivity contribution is -0.114. The van der Waals surface area contributed by atoms with E-state index in [9.17, 15) is 9.18 Å². The second kappa shape index (κ2) is 6.39. The van der Waals surface area contributed by atoms with Gasteiger partial charge in [-0.25, -0.2) is 4.39 Å². The highest BCUT2D eigenvalue weighted by molar-refractivity contribution is 6.31. The Balaban J connectivity index is 2.00. The van der Waals surface area contributed by atoms with Crippen molar-refractivity contribution >= 4 is 28.9 Å². The normalized spacial score (nSPS) is 10.2. The minimum absolute atomic E-state index is 0.0935. The summed E-state index contributed by atoms with van der Waals surface area (Å²) in [7, 11) is 0. The van der Waals surface area contributed by atoms with Crippen molar-refractivity contribution in [3.8, 4) is 0 Å². The van der Waals surface area contributed by atoms with E-state index in [1.165, 1.54) is 13.0 Å². The molecular weight excluding hydrogens is 279 g/mol. The second-order valence-corrected chi connectivity index (χ2v) is 4.74. The smallest absolute Gasteiger partial charge is 0.221 e. The number of carbonyl (C=O) groups excluding carboxylic acids is 1. The Hall–Kier alpha value is -2.07. The number of benzene rings is 2. The SMILES string of the molecule is CC(=O)Nc1ccc(CNc2cccc(Cl)c2F)cc1. The molecule has 0 bridgehead atoms. The van der Waals surface area contributed by atoms with Gasteiger partial charge in [-0.3, -0.25) is 4.79 Å². The number of halogens is 2. The van der Waals surface area contributed by atoms with Crippen LogP contribution in [0.3, 0.4) is 0 Å². The van der Waals surface area contributed by atoms with E-state index in [1.54, 1.807) is 24.3 Å². The minimum atomic E-state index is -0.455. The highest BCUT2D eigenvalue weighted by Gasteiger charge is 2.05. The highest BCUT2D eigenvalue weighted by Crippen LogP contribution is 2.22. The molecule has 1 amide bonds. The van der Waals surface area contributed by atoms with Crippen molar-refractivity contribution in [2.24, 2.45) is 0 Å². The van der Waals surface area contributed by atoms with Crippen molar-refractivity contribution in [3.05, 3.63) is 58.9 Å². The number of hydrogen-bond donors (Lipinski definition) is 2. The molecular formula is C15H14ClFN2O. The zero-order valence-electron chi connectivity index (χ0n) is 10.9. The molecule has 0 radical (unpaired) electrons. The molecule has 0 aliphatic carbocycles. The first-order chi connectivity index (χ1) is 9.56. The van der Waals surface area contributed by atoms with Crippen LogP contribution in [-0.4, -0.2) is 5.91 Å². The Labute approximate surface area is 121 Å². The summed E-state index contributed by atoms with van der Waals surface area (Å²) in [5, 5.41) is 5.76. The molecule has 5 heteroatoms. The Morgan fingerprint density at radius 1 is 1.20 bits per heavy atom. The van der Waals surface area contributed by atoms with Crippen LogP contribution in [0.1, 0.15) is 12.5 Å². The average Bonchev–Trinajstić information content (AvgIpc) is 2.41. The molecule has 0 aromatic heterocycles. The summed E-state index contributed by atoms with van der Waals surface area (Å²) >= 11 is 5.71. The molecule has 0 unspecified atom stereocenters. The number of carbonyl (C=O) groups is 1. The molecule has 0 aliphatic rings. The maximum absolute atomic E-state index is 13.7. The molecule has 2 rings (SSSR count). The summed E-state index contributed by atoms with van der Waals surface area (Å²) in [5.41, 5.74) is 2.07. The zero-order chi connectivity index (χ0) is 14.5. The topological polar surface area (TPSA) is 41.1 Å². The van der Waals surface area contributed by atoms with Crippen LogP contribution in [0.4, 0.5) is 15.8 Å². The van der Waals surface area contributed by atoms with E-state index in [-0.39, 0.29) is 10.9 Å². The van der Waals surface area contributed by atoms with Gasteiger partial charge < -0.3 is 10.6 Å². The lowest BCUT2D eigenvalue weighted by Gasteiger charge is -2.09. The first-order valence-electron chi connectivity index (χ1n) is 6.10. The first kappa shape index (κ1) is 14.3.